The topological polar surface area (TPSA) is 9.86 Å². The van der Waals surface area contributed by atoms with Crippen LogP contribution in [0.4, 0.5) is 0 Å². The molecule has 0 saturated heterocycles. The van der Waals surface area contributed by atoms with Crippen LogP contribution in [0.15, 0.2) is 109 Å². The summed E-state index contributed by atoms with van der Waals surface area (Å²) >= 11 is 0. The van der Waals surface area contributed by atoms with E-state index in [1.165, 1.54) is 132 Å². The van der Waals surface area contributed by atoms with Crippen LogP contribution in [0.3, 0.4) is 0 Å². The lowest BCUT2D eigenvalue weighted by Crippen LogP contribution is -2.62. The fraction of sp³-hybridized carbons (Fsp3) is 0.400. The Morgan fingerprint density at radius 3 is 0.905 bits per heavy atom. The lowest BCUT2D eigenvalue weighted by atomic mass is 9.31. The number of rotatable bonds is 6. The first kappa shape index (κ1) is 50.4. The molecule has 2 nitrogen and oxygen atoms in total. The standard InChI is InChI=1S/C70H82B2N2/c1-39(2)47-23-21-24-48(40(3)4)63(47)71-55-37-62-56(38-61(55)73-59-29-27-43(67(9,10)11)31-51(59)53-33-45(69(15,16)17)35-57(71)65(53)73)72(64-49(41(5)6)25-22-26-50(64)42(7)8)58-36-46(70(18,19)20)34-54-52-32-44(68(12,13)14)28-30-60(52)74(62)66(54)58/h21-42H,1-20H3. The van der Waals surface area contributed by atoms with Gasteiger partial charge in [-0.1, -0.05) is 210 Å². The lowest BCUT2D eigenvalue weighted by molar-refractivity contribution is 0.590. The van der Waals surface area contributed by atoms with Gasteiger partial charge in [0.05, 0.1) is 11.0 Å². The van der Waals surface area contributed by atoms with Gasteiger partial charge in [0.1, 0.15) is 0 Å². The maximum absolute atomic E-state index is 2.73. The molecule has 2 aliphatic rings. The Balaban J connectivity index is 1.41. The van der Waals surface area contributed by atoms with Crippen molar-refractivity contribution >= 4 is 89.8 Å². The van der Waals surface area contributed by atoms with Crippen LogP contribution in [0.2, 0.25) is 0 Å². The Morgan fingerprint density at radius 2 is 0.622 bits per heavy atom. The van der Waals surface area contributed by atoms with Crippen molar-refractivity contribution in [2.24, 2.45) is 0 Å². The van der Waals surface area contributed by atoms with E-state index in [0.29, 0.717) is 23.7 Å². The fourth-order valence-electron chi connectivity index (χ4n) is 13.4. The second-order valence-corrected chi connectivity index (χ2v) is 28.2. The van der Waals surface area contributed by atoms with Gasteiger partial charge >= 0.3 is 0 Å². The van der Waals surface area contributed by atoms with Crippen molar-refractivity contribution in [2.45, 2.75) is 184 Å². The molecule has 4 heterocycles. The van der Waals surface area contributed by atoms with Crippen LogP contribution in [0.1, 0.15) is 207 Å². The van der Waals surface area contributed by atoms with E-state index in [1.54, 1.807) is 0 Å². The van der Waals surface area contributed by atoms with Gasteiger partial charge in [-0.15, -0.1) is 0 Å². The molecule has 0 unspecified atom stereocenters. The number of hydrogen-bond acceptors (Lipinski definition) is 0. The van der Waals surface area contributed by atoms with Crippen LogP contribution < -0.4 is 32.8 Å². The van der Waals surface area contributed by atoms with Gasteiger partial charge in [0, 0.05) is 44.0 Å². The van der Waals surface area contributed by atoms with Gasteiger partial charge in [-0.2, -0.15) is 0 Å². The molecule has 74 heavy (non-hydrogen) atoms. The number of hydrogen-bond donors (Lipinski definition) is 0. The first-order chi connectivity index (χ1) is 34.6. The largest absolute Gasteiger partial charge is 0.310 e. The van der Waals surface area contributed by atoms with E-state index in [9.17, 15) is 0 Å². The third-order valence-corrected chi connectivity index (χ3v) is 17.6. The average Bonchev–Trinajstić information content (AvgIpc) is 3.83. The number of aromatic nitrogens is 2. The quantitative estimate of drug-likeness (QED) is 0.147. The zero-order valence-corrected chi connectivity index (χ0v) is 48.8. The minimum absolute atomic E-state index is 0.00187. The van der Waals surface area contributed by atoms with Crippen molar-refractivity contribution in [1.29, 1.82) is 0 Å². The van der Waals surface area contributed by atoms with Crippen molar-refractivity contribution in [3.05, 3.63) is 154 Å². The summed E-state index contributed by atoms with van der Waals surface area (Å²) in [6.45, 7) is 47.9. The Hall–Kier alpha value is -5.73. The minimum atomic E-state index is -0.0673. The maximum Gasteiger partial charge on any atom is 0.247 e. The van der Waals surface area contributed by atoms with Gasteiger partial charge in [0.15, 0.2) is 0 Å². The van der Waals surface area contributed by atoms with Gasteiger partial charge in [-0.25, -0.2) is 0 Å². The fourth-order valence-corrected chi connectivity index (χ4v) is 13.4. The minimum Gasteiger partial charge on any atom is -0.310 e. The van der Waals surface area contributed by atoms with E-state index >= 15 is 0 Å². The van der Waals surface area contributed by atoms with Crippen LogP contribution >= 0.6 is 0 Å². The second-order valence-electron chi connectivity index (χ2n) is 28.2. The Kier molecular flexibility index (Phi) is 11.5. The lowest BCUT2D eigenvalue weighted by Gasteiger charge is -2.36. The molecule has 0 radical (unpaired) electrons. The summed E-state index contributed by atoms with van der Waals surface area (Å²) in [5.41, 5.74) is 27.8. The second kappa shape index (κ2) is 16.9. The van der Waals surface area contributed by atoms with E-state index in [1.807, 2.05) is 0 Å². The van der Waals surface area contributed by atoms with Crippen molar-refractivity contribution in [2.75, 3.05) is 0 Å². The van der Waals surface area contributed by atoms with Gasteiger partial charge in [-0.3, -0.25) is 0 Å². The number of nitrogens with zero attached hydrogens (tertiary/aromatic N) is 2. The first-order valence-electron chi connectivity index (χ1n) is 28.3. The zero-order valence-electron chi connectivity index (χ0n) is 48.8. The van der Waals surface area contributed by atoms with Crippen molar-refractivity contribution in [3.8, 4) is 11.4 Å². The van der Waals surface area contributed by atoms with Crippen LogP contribution in [0.5, 0.6) is 0 Å². The van der Waals surface area contributed by atoms with Crippen LogP contribution in [0, 0.1) is 0 Å². The Labute approximate surface area is 445 Å². The van der Waals surface area contributed by atoms with Crippen LogP contribution in [-0.4, -0.2) is 22.6 Å². The molecule has 0 spiro atoms. The molecule has 0 saturated carbocycles. The van der Waals surface area contributed by atoms with Crippen molar-refractivity contribution < 1.29 is 0 Å². The van der Waals surface area contributed by atoms with E-state index < -0.39 is 0 Å². The zero-order chi connectivity index (χ0) is 53.2. The molecular weight excluding hydrogens is 890 g/mol. The third kappa shape index (κ3) is 7.64. The van der Waals surface area contributed by atoms with E-state index in [4.69, 9.17) is 0 Å². The molecule has 0 amide bonds. The molecule has 9 aromatic rings. The number of benzene rings is 7. The molecule has 0 atom stereocenters. The van der Waals surface area contributed by atoms with Gasteiger partial charge in [0.25, 0.3) is 0 Å². The first-order valence-corrected chi connectivity index (χ1v) is 28.3. The summed E-state index contributed by atoms with van der Waals surface area (Å²) in [6, 6.07) is 45.1. The van der Waals surface area contributed by atoms with Gasteiger partial charge in [-0.05, 0) is 160 Å². The highest BCUT2D eigenvalue weighted by Crippen LogP contribution is 2.42. The van der Waals surface area contributed by atoms with Gasteiger partial charge in [0.2, 0.25) is 13.4 Å². The van der Waals surface area contributed by atoms with Crippen LogP contribution in [-0.2, 0) is 21.7 Å². The van der Waals surface area contributed by atoms with E-state index in [-0.39, 0.29) is 35.1 Å². The highest BCUT2D eigenvalue weighted by Gasteiger charge is 2.43. The van der Waals surface area contributed by atoms with E-state index in [2.05, 4.69) is 257 Å². The molecule has 0 N–H and O–H groups in total. The summed E-state index contributed by atoms with van der Waals surface area (Å²) in [5.74, 6) is 1.36. The predicted octanol–water partition coefficient (Wildman–Crippen LogP) is 15.2. The summed E-state index contributed by atoms with van der Waals surface area (Å²) in [7, 11) is 0. The van der Waals surface area contributed by atoms with Crippen molar-refractivity contribution in [3.63, 3.8) is 0 Å². The monoisotopic (exact) mass is 973 g/mol. The molecular formula is C70H82B2N2. The molecule has 0 fully saturated rings. The SMILES string of the molecule is CC(C)c1cccc(C(C)C)c1B1c2cc3c(cc2-n2c4ccc(C(C)(C)C)cc4c4cc(C(C)(C)C)cc1c42)B(c1c(C(C)C)cccc1C(C)C)c1cc(C(C)(C)C)cc2c4cc(C(C)(C)C)ccc4n-3c12. The summed E-state index contributed by atoms with van der Waals surface area (Å²) < 4.78 is 5.46. The molecule has 7 aromatic carbocycles. The molecule has 0 bridgehead atoms. The van der Waals surface area contributed by atoms with Crippen LogP contribution in [0.25, 0.3) is 55.0 Å². The normalized spacial score (nSPS) is 14.1. The van der Waals surface area contributed by atoms with Crippen molar-refractivity contribution in [1.82, 2.24) is 9.13 Å². The Bertz CT molecular complexity index is 3480. The molecule has 2 aliphatic heterocycles. The summed E-state index contributed by atoms with van der Waals surface area (Å²) in [6.07, 6.45) is 0. The summed E-state index contributed by atoms with van der Waals surface area (Å²) in [4.78, 5) is 0. The molecule has 378 valence electrons. The maximum atomic E-state index is 2.73. The highest BCUT2D eigenvalue weighted by atomic mass is 15.0. The molecule has 0 aliphatic carbocycles. The third-order valence-electron chi connectivity index (χ3n) is 17.6. The Morgan fingerprint density at radius 1 is 0.324 bits per heavy atom. The molecule has 4 heteroatoms. The van der Waals surface area contributed by atoms with Gasteiger partial charge < -0.3 is 9.13 Å². The average molecular weight is 973 g/mol. The molecule has 11 rings (SSSR count). The predicted molar refractivity (Wildman–Crippen MR) is 328 cm³/mol. The summed E-state index contributed by atoms with van der Waals surface area (Å²) in [5, 5.41) is 5.43. The smallest absolute Gasteiger partial charge is 0.247 e. The number of fused-ring (bicyclic) bond motifs is 10. The molecule has 2 aromatic heterocycles. The van der Waals surface area contributed by atoms with E-state index in [0.717, 1.165) is 0 Å². The highest BCUT2D eigenvalue weighted by molar-refractivity contribution is 7.00.